The topological polar surface area (TPSA) is 81.3 Å². The molecule has 0 spiro atoms. The summed E-state index contributed by atoms with van der Waals surface area (Å²) in [6.45, 7) is 5.69. The van der Waals surface area contributed by atoms with E-state index < -0.39 is 0 Å². The van der Waals surface area contributed by atoms with Crippen LogP contribution in [0, 0.1) is 0 Å². The molecule has 1 aromatic heterocycles. The number of hydrogen-bond acceptors (Lipinski definition) is 3. The number of aromatic nitrogens is 1. The molecule has 0 aliphatic rings. The number of hydrogen-bond donors (Lipinski definition) is 3. The predicted molar refractivity (Wildman–Crippen MR) is 116 cm³/mol. The molecule has 2 aromatic carbocycles. The molecule has 0 aliphatic carbocycles. The minimum atomic E-state index is -0.193. The third kappa shape index (κ3) is 3.91. The summed E-state index contributed by atoms with van der Waals surface area (Å²) >= 11 is 0. The lowest BCUT2D eigenvalue weighted by molar-refractivity contribution is 0.252. The second-order valence-corrected chi connectivity index (χ2v) is 6.76. The molecular formula is C22H28N4O2. The Morgan fingerprint density at radius 2 is 1.86 bits per heavy atom. The van der Waals surface area contributed by atoms with Crippen LogP contribution in [0.5, 0.6) is 5.75 Å². The second-order valence-electron chi connectivity index (χ2n) is 6.76. The molecule has 3 aromatic rings. The summed E-state index contributed by atoms with van der Waals surface area (Å²) in [5.74, 6) is 0.789. The molecule has 0 bridgehead atoms. The molecule has 2 amide bonds. The average molecular weight is 380 g/mol. The van der Waals surface area contributed by atoms with Gasteiger partial charge in [0.05, 0.1) is 24.0 Å². The van der Waals surface area contributed by atoms with Gasteiger partial charge in [0.1, 0.15) is 5.75 Å². The van der Waals surface area contributed by atoms with Crippen LogP contribution in [0.1, 0.15) is 26.7 Å². The normalized spacial score (nSPS) is 10.8. The van der Waals surface area contributed by atoms with Crippen LogP contribution in [0.15, 0.2) is 42.5 Å². The van der Waals surface area contributed by atoms with Gasteiger partial charge in [-0.25, -0.2) is 4.79 Å². The van der Waals surface area contributed by atoms with Crippen LogP contribution in [0.25, 0.3) is 22.2 Å². The number of urea groups is 1. The van der Waals surface area contributed by atoms with Crippen molar-refractivity contribution in [2.75, 3.05) is 24.7 Å². The molecule has 148 valence electrons. The minimum Gasteiger partial charge on any atom is -0.497 e. The van der Waals surface area contributed by atoms with E-state index >= 15 is 0 Å². The van der Waals surface area contributed by atoms with Crippen molar-refractivity contribution in [3.63, 3.8) is 0 Å². The number of carbonyl (C=O) groups excluding carboxylic acids is 1. The van der Waals surface area contributed by atoms with E-state index in [1.54, 1.807) is 7.11 Å². The lowest BCUT2D eigenvalue weighted by Crippen LogP contribution is -2.29. The van der Waals surface area contributed by atoms with E-state index in [0.717, 1.165) is 58.7 Å². The molecule has 0 fully saturated rings. The Morgan fingerprint density at radius 3 is 2.50 bits per heavy atom. The number of amides is 2. The van der Waals surface area contributed by atoms with Gasteiger partial charge in [-0.15, -0.1) is 0 Å². The van der Waals surface area contributed by atoms with Crippen LogP contribution in [0.3, 0.4) is 0 Å². The fraction of sp³-hybridized carbons (Fsp3) is 0.318. The van der Waals surface area contributed by atoms with Crippen molar-refractivity contribution in [2.45, 2.75) is 33.2 Å². The minimum absolute atomic E-state index is 0.193. The zero-order valence-electron chi connectivity index (χ0n) is 16.7. The van der Waals surface area contributed by atoms with Crippen LogP contribution in [-0.4, -0.2) is 24.3 Å². The molecule has 0 aliphatic heterocycles. The summed E-state index contributed by atoms with van der Waals surface area (Å²) in [6, 6.07) is 13.6. The molecular weight excluding hydrogens is 352 g/mol. The van der Waals surface area contributed by atoms with Crippen molar-refractivity contribution in [1.29, 1.82) is 0 Å². The van der Waals surface area contributed by atoms with Gasteiger partial charge in [0.25, 0.3) is 0 Å². The highest BCUT2D eigenvalue weighted by Crippen LogP contribution is 2.38. The van der Waals surface area contributed by atoms with E-state index in [-0.39, 0.29) is 6.03 Å². The van der Waals surface area contributed by atoms with E-state index in [1.165, 1.54) is 0 Å². The monoisotopic (exact) mass is 380 g/mol. The quantitative estimate of drug-likeness (QED) is 0.548. The number of benzene rings is 2. The van der Waals surface area contributed by atoms with Gasteiger partial charge < -0.3 is 25.7 Å². The lowest BCUT2D eigenvalue weighted by atomic mass is 10.1. The maximum Gasteiger partial charge on any atom is 0.319 e. The Hall–Kier alpha value is -3.15. The van der Waals surface area contributed by atoms with Gasteiger partial charge in [0.15, 0.2) is 0 Å². The van der Waals surface area contributed by atoms with E-state index in [9.17, 15) is 4.79 Å². The van der Waals surface area contributed by atoms with Crippen molar-refractivity contribution >= 4 is 28.3 Å². The van der Waals surface area contributed by atoms with Gasteiger partial charge in [-0.3, -0.25) is 0 Å². The molecule has 4 N–H and O–H groups in total. The number of ether oxygens (including phenoxy) is 1. The fourth-order valence-electron chi connectivity index (χ4n) is 3.38. The fourth-order valence-corrected chi connectivity index (χ4v) is 3.38. The Balaban J connectivity index is 1.97. The number of nitrogens with zero attached hydrogens (tertiary/aromatic N) is 1. The molecule has 28 heavy (non-hydrogen) atoms. The third-order valence-electron chi connectivity index (χ3n) is 4.71. The molecule has 0 unspecified atom stereocenters. The second kappa shape index (κ2) is 8.69. The molecule has 0 radical (unpaired) electrons. The van der Waals surface area contributed by atoms with Crippen LogP contribution in [0.4, 0.5) is 16.2 Å². The Labute approximate surface area is 165 Å². The van der Waals surface area contributed by atoms with Crippen molar-refractivity contribution < 1.29 is 9.53 Å². The molecule has 0 saturated carbocycles. The predicted octanol–water partition coefficient (Wildman–Crippen LogP) is 4.84. The maximum atomic E-state index is 11.8. The van der Waals surface area contributed by atoms with Gasteiger partial charge in [-0.2, -0.15) is 0 Å². The molecule has 3 rings (SSSR count). The van der Waals surface area contributed by atoms with Crippen molar-refractivity contribution in [2.24, 2.45) is 0 Å². The summed E-state index contributed by atoms with van der Waals surface area (Å²) in [6.07, 6.45) is 1.90. The van der Waals surface area contributed by atoms with Gasteiger partial charge in [-0.1, -0.05) is 26.0 Å². The first-order valence-corrected chi connectivity index (χ1v) is 9.70. The highest BCUT2D eigenvalue weighted by atomic mass is 16.5. The standard InChI is InChI=1S/C22H28N4O2/c1-4-12-24-22(27)25-16-8-6-15(7-9-16)21-20(23)18-14-17(28-3)10-11-19(18)26(21)13-5-2/h6-11,14H,4-5,12-13,23H2,1-3H3,(H2,24,25,27). The highest BCUT2D eigenvalue weighted by molar-refractivity contribution is 6.01. The van der Waals surface area contributed by atoms with Crippen LogP contribution in [-0.2, 0) is 6.54 Å². The number of carbonyl (C=O) groups is 1. The SMILES string of the molecule is CCCNC(=O)Nc1ccc(-c2c(N)c3cc(OC)ccc3n2CCC)cc1. The number of nitrogens with two attached hydrogens (primary N) is 1. The number of fused-ring (bicyclic) bond motifs is 1. The number of aryl methyl sites for hydroxylation is 1. The van der Waals surface area contributed by atoms with E-state index in [0.29, 0.717) is 6.54 Å². The number of nitrogen functional groups attached to an aromatic ring is 1. The van der Waals surface area contributed by atoms with E-state index in [4.69, 9.17) is 10.5 Å². The number of anilines is 2. The van der Waals surface area contributed by atoms with Gasteiger partial charge in [0.2, 0.25) is 0 Å². The van der Waals surface area contributed by atoms with Crippen molar-refractivity contribution in [1.82, 2.24) is 9.88 Å². The first-order chi connectivity index (χ1) is 13.6. The van der Waals surface area contributed by atoms with Crippen LogP contribution in [0.2, 0.25) is 0 Å². The Bertz CT molecular complexity index is 961. The molecule has 6 nitrogen and oxygen atoms in total. The zero-order chi connectivity index (χ0) is 20.1. The van der Waals surface area contributed by atoms with Gasteiger partial charge in [0, 0.05) is 29.7 Å². The molecule has 0 atom stereocenters. The van der Waals surface area contributed by atoms with Gasteiger partial charge >= 0.3 is 6.03 Å². The molecule has 0 saturated heterocycles. The highest BCUT2D eigenvalue weighted by Gasteiger charge is 2.17. The van der Waals surface area contributed by atoms with E-state index in [1.807, 2.05) is 43.3 Å². The maximum absolute atomic E-state index is 11.8. The van der Waals surface area contributed by atoms with Crippen molar-refractivity contribution in [3.05, 3.63) is 42.5 Å². The molecule has 1 heterocycles. The van der Waals surface area contributed by atoms with Gasteiger partial charge in [-0.05, 0) is 43.2 Å². The van der Waals surface area contributed by atoms with E-state index in [2.05, 4.69) is 28.2 Å². The largest absolute Gasteiger partial charge is 0.497 e. The molecule has 6 heteroatoms. The first-order valence-electron chi connectivity index (χ1n) is 9.70. The first kappa shape index (κ1) is 19.6. The Kier molecular flexibility index (Phi) is 6.09. The number of nitrogens with one attached hydrogen (secondary N) is 2. The number of rotatable bonds is 7. The van der Waals surface area contributed by atoms with Crippen LogP contribution >= 0.6 is 0 Å². The summed E-state index contributed by atoms with van der Waals surface area (Å²) in [7, 11) is 1.66. The summed E-state index contributed by atoms with van der Waals surface area (Å²) in [5.41, 5.74) is 11.1. The summed E-state index contributed by atoms with van der Waals surface area (Å²) < 4.78 is 7.61. The Morgan fingerprint density at radius 1 is 1.11 bits per heavy atom. The lowest BCUT2D eigenvalue weighted by Gasteiger charge is -2.12. The smallest absolute Gasteiger partial charge is 0.319 e. The summed E-state index contributed by atoms with van der Waals surface area (Å²) in [4.78, 5) is 11.8. The average Bonchev–Trinajstić information content (AvgIpc) is 2.98. The van der Waals surface area contributed by atoms with Crippen LogP contribution < -0.4 is 21.1 Å². The number of methoxy groups -OCH3 is 1. The summed E-state index contributed by atoms with van der Waals surface area (Å²) in [5, 5.41) is 6.64. The van der Waals surface area contributed by atoms with Crippen molar-refractivity contribution in [3.8, 4) is 17.0 Å². The zero-order valence-corrected chi connectivity index (χ0v) is 16.7. The third-order valence-corrected chi connectivity index (χ3v) is 4.71.